The molecule has 16 heavy (non-hydrogen) atoms. The van der Waals surface area contributed by atoms with Crippen molar-refractivity contribution in [1.82, 2.24) is 0 Å². The van der Waals surface area contributed by atoms with Gasteiger partial charge in [0, 0.05) is 5.56 Å². The minimum absolute atomic E-state index is 0.577. The van der Waals surface area contributed by atoms with Gasteiger partial charge in [-0.3, -0.25) is 4.79 Å². The zero-order valence-corrected chi connectivity index (χ0v) is 9.90. The van der Waals surface area contributed by atoms with E-state index in [0.717, 1.165) is 5.56 Å². The Morgan fingerprint density at radius 3 is 2.25 bits per heavy atom. The summed E-state index contributed by atoms with van der Waals surface area (Å²) in [6, 6.07) is 3.50. The van der Waals surface area contributed by atoms with Gasteiger partial charge in [0.15, 0.2) is 0 Å². The van der Waals surface area contributed by atoms with Crippen LogP contribution in [-0.2, 0) is 4.79 Å². The largest absolute Gasteiger partial charge is 0.496 e. The van der Waals surface area contributed by atoms with Crippen molar-refractivity contribution in [2.75, 3.05) is 14.2 Å². The maximum atomic E-state index is 11.0. The van der Waals surface area contributed by atoms with Crippen LogP contribution in [0.2, 0.25) is 0 Å². The van der Waals surface area contributed by atoms with E-state index in [2.05, 4.69) is 0 Å². The Kier molecular flexibility index (Phi) is 3.77. The summed E-state index contributed by atoms with van der Waals surface area (Å²) < 4.78 is 10.3. The molecule has 0 aliphatic heterocycles. The molecule has 1 aromatic carbocycles. The monoisotopic (exact) mass is 224 g/mol. The fourth-order valence-corrected chi connectivity index (χ4v) is 1.55. The molecule has 0 aliphatic rings. The molecule has 4 nitrogen and oxygen atoms in total. The van der Waals surface area contributed by atoms with Crippen molar-refractivity contribution in [2.24, 2.45) is 0 Å². The number of methoxy groups -OCH3 is 2. The zero-order chi connectivity index (χ0) is 12.3. The predicted molar refractivity (Wildman–Crippen MR) is 60.3 cm³/mol. The first-order valence-electron chi connectivity index (χ1n) is 4.96. The molecule has 88 valence electrons. The Labute approximate surface area is 94.8 Å². The molecule has 1 atom stereocenters. The maximum absolute atomic E-state index is 11.0. The molecule has 0 amide bonds. The van der Waals surface area contributed by atoms with Crippen LogP contribution in [0.15, 0.2) is 12.1 Å². The lowest BCUT2D eigenvalue weighted by Gasteiger charge is -2.15. The molecule has 0 bridgehead atoms. The third kappa shape index (κ3) is 2.27. The fraction of sp³-hybridized carbons (Fsp3) is 0.417. The van der Waals surface area contributed by atoms with Gasteiger partial charge in [0.2, 0.25) is 0 Å². The Morgan fingerprint density at radius 2 is 1.81 bits per heavy atom. The van der Waals surface area contributed by atoms with E-state index < -0.39 is 11.9 Å². The summed E-state index contributed by atoms with van der Waals surface area (Å²) in [7, 11) is 3.09. The van der Waals surface area contributed by atoms with Gasteiger partial charge in [0.1, 0.15) is 11.5 Å². The highest BCUT2D eigenvalue weighted by Gasteiger charge is 2.20. The van der Waals surface area contributed by atoms with E-state index in [-0.39, 0.29) is 0 Å². The smallest absolute Gasteiger partial charge is 0.310 e. The van der Waals surface area contributed by atoms with E-state index >= 15 is 0 Å². The third-order valence-corrected chi connectivity index (χ3v) is 2.58. The van der Waals surface area contributed by atoms with E-state index in [1.807, 2.05) is 6.92 Å². The molecule has 0 radical (unpaired) electrons. The van der Waals surface area contributed by atoms with Crippen molar-refractivity contribution in [1.29, 1.82) is 0 Å². The van der Waals surface area contributed by atoms with Gasteiger partial charge in [-0.1, -0.05) is 0 Å². The molecule has 0 spiro atoms. The average molecular weight is 224 g/mol. The molecule has 4 heteroatoms. The highest BCUT2D eigenvalue weighted by Crippen LogP contribution is 2.33. The van der Waals surface area contributed by atoms with Gasteiger partial charge in [0.25, 0.3) is 0 Å². The number of carboxylic acids is 1. The van der Waals surface area contributed by atoms with Crippen LogP contribution in [0.5, 0.6) is 11.5 Å². The quantitative estimate of drug-likeness (QED) is 0.851. The molecule has 0 aliphatic carbocycles. The lowest BCUT2D eigenvalue weighted by molar-refractivity contribution is -0.138. The molecule has 0 heterocycles. The number of carboxylic acid groups (broad SMARTS) is 1. The lowest BCUT2D eigenvalue weighted by atomic mass is 9.98. The van der Waals surface area contributed by atoms with Crippen LogP contribution in [0.25, 0.3) is 0 Å². The van der Waals surface area contributed by atoms with Crippen molar-refractivity contribution in [3.8, 4) is 11.5 Å². The van der Waals surface area contributed by atoms with Crippen LogP contribution in [0, 0.1) is 6.92 Å². The number of aryl methyl sites for hydroxylation is 1. The number of hydrogen-bond acceptors (Lipinski definition) is 3. The van der Waals surface area contributed by atoms with E-state index in [1.165, 1.54) is 7.11 Å². The van der Waals surface area contributed by atoms with E-state index in [4.69, 9.17) is 14.6 Å². The maximum Gasteiger partial charge on any atom is 0.310 e. The molecule has 1 N–H and O–H groups in total. The van der Waals surface area contributed by atoms with Crippen molar-refractivity contribution in [3.05, 3.63) is 23.3 Å². The second-order valence-corrected chi connectivity index (χ2v) is 3.62. The average Bonchev–Trinajstić information content (AvgIpc) is 2.27. The predicted octanol–water partition coefficient (Wildman–Crippen LogP) is 2.20. The number of hydrogen-bond donors (Lipinski definition) is 1. The van der Waals surface area contributed by atoms with E-state index in [0.29, 0.717) is 17.1 Å². The molecule has 1 aromatic rings. The topological polar surface area (TPSA) is 55.8 Å². The number of benzene rings is 1. The van der Waals surface area contributed by atoms with Gasteiger partial charge in [-0.15, -0.1) is 0 Å². The second-order valence-electron chi connectivity index (χ2n) is 3.62. The summed E-state index contributed by atoms with van der Waals surface area (Å²) in [5, 5.41) is 8.99. The first kappa shape index (κ1) is 12.4. The van der Waals surface area contributed by atoms with Crippen LogP contribution in [0.3, 0.4) is 0 Å². The summed E-state index contributed by atoms with van der Waals surface area (Å²) in [6.45, 7) is 3.51. The Morgan fingerprint density at radius 1 is 1.25 bits per heavy atom. The number of rotatable bonds is 4. The summed E-state index contributed by atoms with van der Waals surface area (Å²) >= 11 is 0. The van der Waals surface area contributed by atoms with Crippen molar-refractivity contribution >= 4 is 5.97 Å². The number of aliphatic carboxylic acids is 1. The molecular formula is C12H16O4. The molecule has 0 aromatic heterocycles. The summed E-state index contributed by atoms with van der Waals surface area (Å²) in [5.41, 5.74) is 1.54. The van der Waals surface area contributed by atoms with Gasteiger partial charge < -0.3 is 14.6 Å². The Bertz CT molecular complexity index is 398. The number of ether oxygens (including phenoxy) is 2. The Balaban J connectivity index is 3.29. The Hall–Kier alpha value is -1.71. The van der Waals surface area contributed by atoms with Crippen LogP contribution < -0.4 is 9.47 Å². The molecule has 0 fully saturated rings. The van der Waals surface area contributed by atoms with Crippen LogP contribution in [-0.4, -0.2) is 25.3 Å². The molecular weight excluding hydrogens is 208 g/mol. The number of carbonyl (C=O) groups is 1. The molecule has 0 saturated carbocycles. The molecule has 1 rings (SSSR count). The third-order valence-electron chi connectivity index (χ3n) is 2.58. The van der Waals surface area contributed by atoms with E-state index in [1.54, 1.807) is 26.2 Å². The standard InChI is InChI=1S/C12H16O4/c1-7-5-11(16-4)9(6-10(7)15-3)8(2)12(13)14/h5-6,8H,1-4H3,(H,13,14). The van der Waals surface area contributed by atoms with E-state index in [9.17, 15) is 4.79 Å². The van der Waals surface area contributed by atoms with Gasteiger partial charge in [-0.2, -0.15) is 0 Å². The summed E-state index contributed by atoms with van der Waals surface area (Å²) in [6.07, 6.45) is 0. The second kappa shape index (κ2) is 4.88. The molecule has 0 saturated heterocycles. The van der Waals surface area contributed by atoms with Crippen LogP contribution in [0.4, 0.5) is 0 Å². The first-order valence-corrected chi connectivity index (χ1v) is 4.96. The van der Waals surface area contributed by atoms with Crippen LogP contribution in [0.1, 0.15) is 24.0 Å². The van der Waals surface area contributed by atoms with Gasteiger partial charge >= 0.3 is 5.97 Å². The van der Waals surface area contributed by atoms with Gasteiger partial charge in [-0.25, -0.2) is 0 Å². The summed E-state index contributed by atoms with van der Waals surface area (Å²) in [4.78, 5) is 11.0. The normalized spacial score (nSPS) is 12.0. The van der Waals surface area contributed by atoms with Crippen molar-refractivity contribution < 1.29 is 19.4 Å². The van der Waals surface area contributed by atoms with Gasteiger partial charge in [-0.05, 0) is 31.5 Å². The lowest BCUT2D eigenvalue weighted by Crippen LogP contribution is -2.09. The van der Waals surface area contributed by atoms with Crippen LogP contribution >= 0.6 is 0 Å². The SMILES string of the molecule is COc1cc(C(C)C(=O)O)c(OC)cc1C. The highest BCUT2D eigenvalue weighted by molar-refractivity contribution is 5.77. The van der Waals surface area contributed by atoms with Crippen molar-refractivity contribution in [2.45, 2.75) is 19.8 Å². The highest BCUT2D eigenvalue weighted by atomic mass is 16.5. The first-order chi connectivity index (χ1) is 7.51. The van der Waals surface area contributed by atoms with Crippen molar-refractivity contribution in [3.63, 3.8) is 0 Å². The molecule has 1 unspecified atom stereocenters. The summed E-state index contributed by atoms with van der Waals surface area (Å²) in [5.74, 6) is -0.259. The minimum atomic E-state index is -0.885. The fourth-order valence-electron chi connectivity index (χ4n) is 1.55. The zero-order valence-electron chi connectivity index (χ0n) is 9.90. The minimum Gasteiger partial charge on any atom is -0.496 e. The van der Waals surface area contributed by atoms with Gasteiger partial charge in [0.05, 0.1) is 20.1 Å².